The summed E-state index contributed by atoms with van der Waals surface area (Å²) >= 11 is 1.50. The van der Waals surface area contributed by atoms with Crippen molar-refractivity contribution in [3.63, 3.8) is 0 Å². The van der Waals surface area contributed by atoms with Gasteiger partial charge in [-0.05, 0) is 74.9 Å². The molecule has 5 rings (SSSR count). The molecule has 1 unspecified atom stereocenters. The van der Waals surface area contributed by atoms with Crippen molar-refractivity contribution in [1.29, 1.82) is 0 Å². The Morgan fingerprint density at radius 2 is 1.55 bits per heavy atom. The highest BCUT2D eigenvalue weighted by molar-refractivity contribution is 8.00. The predicted octanol–water partition coefficient (Wildman–Crippen LogP) is 7.88. The molecule has 5 nitrogen and oxygen atoms in total. The fourth-order valence-corrected chi connectivity index (χ4v) is 5.83. The summed E-state index contributed by atoms with van der Waals surface area (Å²) in [7, 11) is 0. The quantitative estimate of drug-likeness (QED) is 0.204. The number of thioether (sulfide) groups is 1. The van der Waals surface area contributed by atoms with Crippen molar-refractivity contribution in [2.24, 2.45) is 0 Å². The van der Waals surface area contributed by atoms with E-state index in [4.69, 9.17) is 0 Å². The summed E-state index contributed by atoms with van der Waals surface area (Å²) in [6.45, 7) is 7.01. The molecule has 1 aromatic heterocycles. The van der Waals surface area contributed by atoms with E-state index in [-0.39, 0.29) is 17.1 Å². The average Bonchev–Trinajstić information content (AvgIpc) is 3.24. The lowest BCUT2D eigenvalue weighted by atomic mass is 10.1. The van der Waals surface area contributed by atoms with E-state index in [9.17, 15) is 9.59 Å². The number of amides is 2. The molecule has 5 aromatic rings. The number of aromatic nitrogens is 1. The number of hydrogen-bond acceptors (Lipinski definition) is 3. The highest BCUT2D eigenvalue weighted by Gasteiger charge is 2.19. The maximum absolute atomic E-state index is 13.3. The van der Waals surface area contributed by atoms with Crippen LogP contribution >= 0.6 is 11.8 Å². The molecular formula is C32H31N3O2S. The Bertz CT molecular complexity index is 1640. The summed E-state index contributed by atoms with van der Waals surface area (Å²) in [5.74, 6) is -0.189. The van der Waals surface area contributed by atoms with Crippen LogP contribution in [0.4, 0.5) is 11.4 Å². The van der Waals surface area contributed by atoms with Gasteiger partial charge in [0.25, 0.3) is 5.91 Å². The Labute approximate surface area is 227 Å². The number of hydrogen-bond donors (Lipinski definition) is 2. The molecule has 0 fully saturated rings. The molecule has 1 atom stereocenters. The van der Waals surface area contributed by atoms with Crippen LogP contribution in [0.5, 0.6) is 0 Å². The van der Waals surface area contributed by atoms with Crippen molar-refractivity contribution in [3.05, 3.63) is 102 Å². The van der Waals surface area contributed by atoms with Crippen molar-refractivity contribution in [2.45, 2.75) is 43.9 Å². The number of nitrogens with zero attached hydrogens (tertiary/aromatic N) is 1. The van der Waals surface area contributed by atoms with Gasteiger partial charge in [0.1, 0.15) is 0 Å². The number of nitrogens with one attached hydrogen (secondary N) is 2. The topological polar surface area (TPSA) is 63.1 Å². The van der Waals surface area contributed by atoms with Gasteiger partial charge in [-0.1, -0.05) is 48.9 Å². The molecule has 38 heavy (non-hydrogen) atoms. The summed E-state index contributed by atoms with van der Waals surface area (Å²) < 4.78 is 2.30. The van der Waals surface area contributed by atoms with Crippen LogP contribution in [0.25, 0.3) is 21.8 Å². The van der Waals surface area contributed by atoms with Crippen molar-refractivity contribution in [2.75, 3.05) is 10.6 Å². The zero-order valence-electron chi connectivity index (χ0n) is 21.8. The molecule has 0 radical (unpaired) electrons. The molecule has 0 bridgehead atoms. The Kier molecular flexibility index (Phi) is 7.52. The number of carbonyl (C=O) groups excluding carboxylic acids is 2. The van der Waals surface area contributed by atoms with Crippen LogP contribution < -0.4 is 10.6 Å². The first-order chi connectivity index (χ1) is 18.5. The van der Waals surface area contributed by atoms with E-state index in [1.54, 1.807) is 6.07 Å². The summed E-state index contributed by atoms with van der Waals surface area (Å²) in [4.78, 5) is 26.9. The van der Waals surface area contributed by atoms with Gasteiger partial charge in [-0.15, -0.1) is 11.8 Å². The third-order valence-electron chi connectivity index (χ3n) is 6.67. The molecule has 192 valence electrons. The smallest absolute Gasteiger partial charge is 0.255 e. The van der Waals surface area contributed by atoms with Gasteiger partial charge in [-0.2, -0.15) is 0 Å². The minimum absolute atomic E-state index is 0.0368. The van der Waals surface area contributed by atoms with Gasteiger partial charge in [0.2, 0.25) is 5.91 Å². The maximum atomic E-state index is 13.3. The van der Waals surface area contributed by atoms with Crippen molar-refractivity contribution in [1.82, 2.24) is 4.57 Å². The van der Waals surface area contributed by atoms with E-state index < -0.39 is 0 Å². The second kappa shape index (κ2) is 11.2. The van der Waals surface area contributed by atoms with Gasteiger partial charge in [-0.25, -0.2) is 0 Å². The fraction of sp³-hybridized carbons (Fsp3) is 0.188. The summed E-state index contributed by atoms with van der Waals surface area (Å²) in [6.07, 6.45) is 0.674. The number of carbonyl (C=O) groups is 2. The first kappa shape index (κ1) is 25.6. The van der Waals surface area contributed by atoms with Crippen LogP contribution in [0.15, 0.2) is 95.9 Å². The summed E-state index contributed by atoms with van der Waals surface area (Å²) in [5.41, 5.74) is 5.51. The second-order valence-electron chi connectivity index (χ2n) is 9.35. The lowest BCUT2D eigenvalue weighted by Crippen LogP contribution is -2.24. The molecule has 1 heterocycles. The third kappa shape index (κ3) is 5.31. The third-order valence-corrected chi connectivity index (χ3v) is 8.03. The van der Waals surface area contributed by atoms with Gasteiger partial charge in [-0.3, -0.25) is 9.59 Å². The molecule has 4 aromatic carbocycles. The standard InChI is InChI=1S/C32H31N3O2S/c1-4-30(38-25-13-9-12-23(19-25)33-31(36)22-11-8-10-21(3)18-22)32(37)34-24-16-17-29-27(20-24)26-14-6-7-15-28(26)35(29)5-2/h6-20,30H,4-5H2,1-3H3,(H,33,36)(H,34,37). The molecule has 0 aliphatic carbocycles. The number of anilines is 2. The fourth-order valence-electron chi connectivity index (χ4n) is 4.82. The van der Waals surface area contributed by atoms with Gasteiger partial charge >= 0.3 is 0 Å². The van der Waals surface area contributed by atoms with Crippen LogP contribution in [0, 0.1) is 6.92 Å². The average molecular weight is 522 g/mol. The number of fused-ring (bicyclic) bond motifs is 3. The first-order valence-electron chi connectivity index (χ1n) is 12.9. The lowest BCUT2D eigenvalue weighted by molar-refractivity contribution is -0.115. The van der Waals surface area contributed by atoms with Crippen LogP contribution in [-0.2, 0) is 11.3 Å². The Morgan fingerprint density at radius 1 is 0.789 bits per heavy atom. The van der Waals surface area contributed by atoms with E-state index in [0.717, 1.165) is 33.6 Å². The molecule has 2 amide bonds. The Balaban J connectivity index is 1.31. The number of rotatable bonds is 8. The molecule has 0 spiro atoms. The Morgan fingerprint density at radius 3 is 2.34 bits per heavy atom. The normalized spacial score (nSPS) is 12.0. The second-order valence-corrected chi connectivity index (χ2v) is 10.6. The molecule has 0 saturated heterocycles. The van der Waals surface area contributed by atoms with Gasteiger partial charge in [0.05, 0.1) is 5.25 Å². The van der Waals surface area contributed by atoms with Crippen LogP contribution in [0.3, 0.4) is 0 Å². The SMILES string of the molecule is CCC(Sc1cccc(NC(=O)c2cccc(C)c2)c1)C(=O)Nc1ccc2c(c1)c1ccccc1n2CC. The summed E-state index contributed by atoms with van der Waals surface area (Å²) in [5, 5.41) is 8.15. The van der Waals surface area contributed by atoms with E-state index in [2.05, 4.69) is 52.5 Å². The van der Waals surface area contributed by atoms with Crippen molar-refractivity contribution in [3.8, 4) is 0 Å². The van der Waals surface area contributed by atoms with Crippen LogP contribution in [0.1, 0.15) is 36.2 Å². The van der Waals surface area contributed by atoms with E-state index in [1.807, 2.05) is 68.4 Å². The Hall–Kier alpha value is -4.03. The van der Waals surface area contributed by atoms with Crippen LogP contribution in [-0.4, -0.2) is 21.6 Å². The monoisotopic (exact) mass is 521 g/mol. The van der Waals surface area contributed by atoms with Crippen molar-refractivity contribution < 1.29 is 9.59 Å². The molecule has 6 heteroatoms. The lowest BCUT2D eigenvalue weighted by Gasteiger charge is -2.16. The molecule has 0 aliphatic heterocycles. The predicted molar refractivity (Wildman–Crippen MR) is 159 cm³/mol. The highest BCUT2D eigenvalue weighted by atomic mass is 32.2. The number of aryl methyl sites for hydroxylation is 2. The molecule has 2 N–H and O–H groups in total. The maximum Gasteiger partial charge on any atom is 0.255 e. The minimum atomic E-state index is -0.273. The largest absolute Gasteiger partial charge is 0.341 e. The van der Waals surface area contributed by atoms with Gasteiger partial charge in [0, 0.05) is 50.2 Å². The van der Waals surface area contributed by atoms with Gasteiger partial charge < -0.3 is 15.2 Å². The highest BCUT2D eigenvalue weighted by Crippen LogP contribution is 2.32. The number of benzene rings is 4. The number of para-hydroxylation sites is 1. The van der Waals surface area contributed by atoms with E-state index >= 15 is 0 Å². The van der Waals surface area contributed by atoms with Crippen molar-refractivity contribution >= 4 is 56.8 Å². The molecule has 0 saturated carbocycles. The van der Waals surface area contributed by atoms with Crippen LogP contribution in [0.2, 0.25) is 0 Å². The van der Waals surface area contributed by atoms with E-state index in [0.29, 0.717) is 17.7 Å². The minimum Gasteiger partial charge on any atom is -0.341 e. The molecular weight excluding hydrogens is 490 g/mol. The first-order valence-corrected chi connectivity index (χ1v) is 13.8. The zero-order valence-corrected chi connectivity index (χ0v) is 22.6. The van der Waals surface area contributed by atoms with E-state index in [1.165, 1.54) is 22.7 Å². The zero-order chi connectivity index (χ0) is 26.6. The molecule has 0 aliphatic rings. The van der Waals surface area contributed by atoms with Gasteiger partial charge in [0.15, 0.2) is 0 Å². The summed E-state index contributed by atoms with van der Waals surface area (Å²) in [6, 6.07) is 29.7.